The topological polar surface area (TPSA) is 105 Å². The molecule has 0 saturated heterocycles. The third-order valence-electron chi connectivity index (χ3n) is 2.52. The van der Waals surface area contributed by atoms with Crippen molar-refractivity contribution >= 4 is 17.9 Å². The SMILES string of the molecule is COC(C)(C)CNC(=O)NC(=O)CCCCC(=O)O. The molecule has 7 heteroatoms. The predicted molar refractivity (Wildman–Crippen MR) is 68.7 cm³/mol. The smallest absolute Gasteiger partial charge is 0.321 e. The fraction of sp³-hybridized carbons (Fsp3) is 0.750. The molecule has 0 aromatic rings. The summed E-state index contributed by atoms with van der Waals surface area (Å²) in [5.41, 5.74) is -0.498. The van der Waals surface area contributed by atoms with Gasteiger partial charge in [-0.25, -0.2) is 4.79 Å². The number of ether oxygens (including phenoxy) is 1. The molecule has 3 N–H and O–H groups in total. The second-order valence-corrected chi connectivity index (χ2v) is 4.80. The number of rotatable bonds is 8. The van der Waals surface area contributed by atoms with Crippen LogP contribution in [-0.2, 0) is 14.3 Å². The lowest BCUT2D eigenvalue weighted by atomic mass is 10.1. The van der Waals surface area contributed by atoms with E-state index in [1.165, 1.54) is 7.11 Å². The summed E-state index contributed by atoms with van der Waals surface area (Å²) >= 11 is 0. The molecule has 3 amide bonds. The van der Waals surface area contributed by atoms with Gasteiger partial charge in [0.1, 0.15) is 0 Å². The van der Waals surface area contributed by atoms with Gasteiger partial charge < -0.3 is 15.2 Å². The summed E-state index contributed by atoms with van der Waals surface area (Å²) in [6.07, 6.45) is 1.02. The highest BCUT2D eigenvalue weighted by atomic mass is 16.5. The number of hydrogen-bond donors (Lipinski definition) is 3. The lowest BCUT2D eigenvalue weighted by Gasteiger charge is -2.22. The standard InChI is InChI=1S/C12H22N2O5/c1-12(2,19-3)8-13-11(18)14-9(15)6-4-5-7-10(16)17/h4-8H2,1-3H3,(H,16,17)(H2,13,14,15,18). The Balaban J connectivity index is 3.75. The van der Waals surface area contributed by atoms with Crippen molar-refractivity contribution in [2.45, 2.75) is 45.1 Å². The first-order valence-corrected chi connectivity index (χ1v) is 6.11. The zero-order valence-electron chi connectivity index (χ0n) is 11.6. The first kappa shape index (κ1) is 17.4. The maximum absolute atomic E-state index is 11.4. The minimum Gasteiger partial charge on any atom is -0.481 e. The summed E-state index contributed by atoms with van der Waals surface area (Å²) in [6.45, 7) is 3.89. The van der Waals surface area contributed by atoms with Crippen LogP contribution in [0.5, 0.6) is 0 Å². The average Bonchev–Trinajstić information content (AvgIpc) is 2.32. The Labute approximate surface area is 112 Å². The first-order valence-electron chi connectivity index (χ1n) is 6.11. The molecule has 0 spiro atoms. The van der Waals surface area contributed by atoms with E-state index in [0.29, 0.717) is 12.8 Å². The number of carbonyl (C=O) groups is 3. The molecule has 0 unspecified atom stereocenters. The molecule has 0 fully saturated rings. The summed E-state index contributed by atoms with van der Waals surface area (Å²) in [7, 11) is 1.53. The highest BCUT2D eigenvalue weighted by molar-refractivity contribution is 5.94. The van der Waals surface area contributed by atoms with Gasteiger partial charge in [0, 0.05) is 26.5 Å². The van der Waals surface area contributed by atoms with E-state index < -0.39 is 23.5 Å². The van der Waals surface area contributed by atoms with E-state index in [1.807, 2.05) is 0 Å². The molecule has 7 nitrogen and oxygen atoms in total. The summed E-state index contributed by atoms with van der Waals surface area (Å²) in [6, 6.07) is -0.576. The van der Waals surface area contributed by atoms with E-state index in [9.17, 15) is 14.4 Å². The van der Waals surface area contributed by atoms with Gasteiger partial charge in [-0.15, -0.1) is 0 Å². The van der Waals surface area contributed by atoms with Crippen LogP contribution in [-0.4, -0.2) is 42.3 Å². The lowest BCUT2D eigenvalue weighted by molar-refractivity contribution is -0.137. The van der Waals surface area contributed by atoms with Crippen LogP contribution in [0.4, 0.5) is 4.79 Å². The van der Waals surface area contributed by atoms with Gasteiger partial charge in [-0.1, -0.05) is 0 Å². The lowest BCUT2D eigenvalue weighted by Crippen LogP contribution is -2.46. The van der Waals surface area contributed by atoms with Crippen molar-refractivity contribution in [3.63, 3.8) is 0 Å². The maximum Gasteiger partial charge on any atom is 0.321 e. The number of methoxy groups -OCH3 is 1. The summed E-state index contributed by atoms with van der Waals surface area (Å²) in [5, 5.41) is 13.1. The number of carboxylic acids is 1. The average molecular weight is 274 g/mol. The van der Waals surface area contributed by atoms with E-state index in [-0.39, 0.29) is 19.4 Å². The van der Waals surface area contributed by atoms with Gasteiger partial charge in [0.25, 0.3) is 0 Å². The molecule has 0 aromatic heterocycles. The van der Waals surface area contributed by atoms with Gasteiger partial charge in [-0.2, -0.15) is 0 Å². The van der Waals surface area contributed by atoms with Crippen molar-refractivity contribution in [3.8, 4) is 0 Å². The molecule has 0 radical (unpaired) electrons. The molecule has 0 atom stereocenters. The van der Waals surface area contributed by atoms with E-state index in [2.05, 4.69) is 10.6 Å². The Morgan fingerprint density at radius 3 is 2.26 bits per heavy atom. The van der Waals surface area contributed by atoms with Gasteiger partial charge in [0.2, 0.25) is 5.91 Å². The van der Waals surface area contributed by atoms with Crippen LogP contribution in [0.1, 0.15) is 39.5 Å². The molecular weight excluding hydrogens is 252 g/mol. The Bertz CT molecular complexity index is 328. The first-order chi connectivity index (χ1) is 8.76. The van der Waals surface area contributed by atoms with Gasteiger partial charge in [-0.3, -0.25) is 14.9 Å². The molecule has 0 aliphatic heterocycles. The van der Waals surface area contributed by atoms with Gasteiger partial charge in [0.05, 0.1) is 5.60 Å². The molecule has 110 valence electrons. The zero-order chi connectivity index (χ0) is 14.9. The summed E-state index contributed by atoms with van der Waals surface area (Å²) < 4.78 is 5.11. The van der Waals surface area contributed by atoms with Crippen LogP contribution < -0.4 is 10.6 Å². The third-order valence-corrected chi connectivity index (χ3v) is 2.52. The third kappa shape index (κ3) is 10.0. The zero-order valence-corrected chi connectivity index (χ0v) is 11.6. The fourth-order valence-electron chi connectivity index (χ4n) is 1.16. The highest BCUT2D eigenvalue weighted by Crippen LogP contribution is 2.04. The van der Waals surface area contributed by atoms with Crippen molar-refractivity contribution in [1.82, 2.24) is 10.6 Å². The molecule has 0 bridgehead atoms. The number of unbranched alkanes of at least 4 members (excludes halogenated alkanes) is 1. The van der Waals surface area contributed by atoms with Crippen LogP contribution in [0.2, 0.25) is 0 Å². The normalized spacial score (nSPS) is 10.9. The van der Waals surface area contributed by atoms with Crippen LogP contribution in [0.3, 0.4) is 0 Å². The monoisotopic (exact) mass is 274 g/mol. The molecule has 0 aliphatic rings. The largest absolute Gasteiger partial charge is 0.481 e. The van der Waals surface area contributed by atoms with Gasteiger partial charge in [-0.05, 0) is 26.7 Å². The number of hydrogen-bond acceptors (Lipinski definition) is 4. The van der Waals surface area contributed by atoms with Crippen molar-refractivity contribution < 1.29 is 24.2 Å². The summed E-state index contributed by atoms with van der Waals surface area (Å²) in [5.74, 6) is -1.31. The second kappa shape index (κ2) is 8.47. The number of imide groups is 1. The number of nitrogens with one attached hydrogen (secondary N) is 2. The Hall–Kier alpha value is -1.63. The summed E-state index contributed by atoms with van der Waals surface area (Å²) in [4.78, 5) is 33.0. The van der Waals surface area contributed by atoms with Crippen molar-refractivity contribution in [3.05, 3.63) is 0 Å². The van der Waals surface area contributed by atoms with Crippen LogP contribution >= 0.6 is 0 Å². The molecule has 19 heavy (non-hydrogen) atoms. The molecule has 0 heterocycles. The van der Waals surface area contributed by atoms with Crippen molar-refractivity contribution in [2.75, 3.05) is 13.7 Å². The van der Waals surface area contributed by atoms with Crippen molar-refractivity contribution in [2.24, 2.45) is 0 Å². The number of urea groups is 1. The van der Waals surface area contributed by atoms with E-state index in [0.717, 1.165) is 0 Å². The number of amides is 3. The molecule has 0 rings (SSSR count). The molecule has 0 saturated carbocycles. The molecular formula is C12H22N2O5. The van der Waals surface area contributed by atoms with Crippen molar-refractivity contribution in [1.29, 1.82) is 0 Å². The minimum absolute atomic E-state index is 0.0293. The van der Waals surface area contributed by atoms with E-state index >= 15 is 0 Å². The fourth-order valence-corrected chi connectivity index (χ4v) is 1.16. The van der Waals surface area contributed by atoms with Gasteiger partial charge >= 0.3 is 12.0 Å². The number of aliphatic carboxylic acids is 1. The van der Waals surface area contributed by atoms with Crippen LogP contribution in [0.25, 0.3) is 0 Å². The Morgan fingerprint density at radius 1 is 1.16 bits per heavy atom. The maximum atomic E-state index is 11.4. The van der Waals surface area contributed by atoms with E-state index in [1.54, 1.807) is 13.8 Å². The Morgan fingerprint density at radius 2 is 1.74 bits per heavy atom. The van der Waals surface area contributed by atoms with Crippen LogP contribution in [0, 0.1) is 0 Å². The molecule has 0 aliphatic carbocycles. The minimum atomic E-state index is -0.889. The van der Waals surface area contributed by atoms with Crippen LogP contribution in [0.15, 0.2) is 0 Å². The highest BCUT2D eigenvalue weighted by Gasteiger charge is 2.17. The van der Waals surface area contributed by atoms with Gasteiger partial charge in [0.15, 0.2) is 0 Å². The predicted octanol–water partition coefficient (Wildman–Crippen LogP) is 0.882. The number of carbonyl (C=O) groups excluding carboxylic acids is 2. The number of carboxylic acid groups (broad SMARTS) is 1. The Kier molecular flexibility index (Phi) is 7.74. The quantitative estimate of drug-likeness (QED) is 0.570. The molecule has 0 aromatic carbocycles. The second-order valence-electron chi connectivity index (χ2n) is 4.80. The van der Waals surface area contributed by atoms with E-state index in [4.69, 9.17) is 9.84 Å².